The van der Waals surface area contributed by atoms with Crippen molar-refractivity contribution in [1.82, 2.24) is 19.6 Å². The largest absolute Gasteiger partial charge is 0.497 e. The molecule has 114 valence electrons. The lowest BCUT2D eigenvalue weighted by molar-refractivity contribution is 0.414. The van der Waals surface area contributed by atoms with E-state index in [4.69, 9.17) is 4.74 Å². The Morgan fingerprint density at radius 3 is 2.68 bits per heavy atom. The predicted octanol–water partition coefficient (Wildman–Crippen LogP) is 2.47. The zero-order valence-electron chi connectivity index (χ0n) is 13.0. The first kappa shape index (κ1) is 14.3. The second-order valence-electron chi connectivity index (χ2n) is 5.09. The fourth-order valence-corrected chi connectivity index (χ4v) is 2.44. The zero-order chi connectivity index (χ0) is 15.5. The van der Waals surface area contributed by atoms with E-state index in [0.717, 1.165) is 30.4 Å². The summed E-state index contributed by atoms with van der Waals surface area (Å²) in [7, 11) is 1.68. The van der Waals surface area contributed by atoms with Crippen LogP contribution in [0.2, 0.25) is 0 Å². The minimum absolute atomic E-state index is 0.628. The fourth-order valence-electron chi connectivity index (χ4n) is 2.44. The van der Waals surface area contributed by atoms with E-state index in [-0.39, 0.29) is 0 Å². The van der Waals surface area contributed by atoms with Crippen LogP contribution in [0.25, 0.3) is 5.78 Å². The molecule has 22 heavy (non-hydrogen) atoms. The highest BCUT2D eigenvalue weighted by atomic mass is 16.5. The smallest absolute Gasteiger partial charge is 0.254 e. The Morgan fingerprint density at radius 1 is 1.23 bits per heavy atom. The Bertz CT molecular complexity index is 766. The Balaban J connectivity index is 1.93. The topological polar surface area (TPSA) is 55.5 Å². The highest BCUT2D eigenvalue weighted by Gasteiger charge is 2.12. The van der Waals surface area contributed by atoms with E-state index < -0.39 is 0 Å². The minimum Gasteiger partial charge on any atom is -0.497 e. The summed E-state index contributed by atoms with van der Waals surface area (Å²) < 4.78 is 6.98. The predicted molar refractivity (Wildman–Crippen MR) is 85.2 cm³/mol. The lowest BCUT2D eigenvalue weighted by atomic mass is 10.2. The summed E-state index contributed by atoms with van der Waals surface area (Å²) in [6.07, 6.45) is 1.53. The molecule has 0 saturated heterocycles. The molecule has 0 unspecified atom stereocenters. The van der Waals surface area contributed by atoms with Crippen LogP contribution in [0.5, 0.6) is 5.75 Å². The molecule has 0 spiro atoms. The van der Waals surface area contributed by atoms with Crippen LogP contribution >= 0.6 is 0 Å². The molecule has 6 nitrogen and oxygen atoms in total. The first-order valence-corrected chi connectivity index (χ1v) is 7.26. The van der Waals surface area contributed by atoms with Crippen LogP contribution in [0.1, 0.15) is 18.2 Å². The number of methoxy groups -OCH3 is 1. The van der Waals surface area contributed by atoms with Crippen LogP contribution in [0, 0.1) is 6.92 Å². The SMILES string of the molecule is CCN(Cc1ccc(OC)cc1)c1cc(C)nc2ncnn12. The van der Waals surface area contributed by atoms with Gasteiger partial charge < -0.3 is 9.64 Å². The Morgan fingerprint density at radius 2 is 2.00 bits per heavy atom. The normalized spacial score (nSPS) is 10.9. The van der Waals surface area contributed by atoms with E-state index in [1.165, 1.54) is 11.9 Å². The standard InChI is InChI=1S/C16H19N5O/c1-4-20(10-13-5-7-14(22-3)8-6-13)15-9-12(2)19-16-17-11-18-21(15)16/h5-9,11H,4,10H2,1-3H3. The number of nitrogens with zero attached hydrogens (tertiary/aromatic N) is 5. The maximum atomic E-state index is 5.20. The number of aromatic nitrogens is 4. The molecule has 2 heterocycles. The van der Waals surface area contributed by atoms with E-state index >= 15 is 0 Å². The van der Waals surface area contributed by atoms with Gasteiger partial charge in [0, 0.05) is 24.8 Å². The lowest BCUT2D eigenvalue weighted by Crippen LogP contribution is -2.25. The van der Waals surface area contributed by atoms with E-state index in [0.29, 0.717) is 5.78 Å². The third kappa shape index (κ3) is 2.72. The molecule has 0 aliphatic heterocycles. The van der Waals surface area contributed by atoms with Crippen LogP contribution in [-0.2, 0) is 6.54 Å². The first-order chi connectivity index (χ1) is 10.7. The van der Waals surface area contributed by atoms with Gasteiger partial charge in [-0.25, -0.2) is 4.98 Å². The summed E-state index contributed by atoms with van der Waals surface area (Å²) in [5, 5.41) is 4.28. The zero-order valence-corrected chi connectivity index (χ0v) is 13.0. The monoisotopic (exact) mass is 297 g/mol. The number of hydrogen-bond donors (Lipinski definition) is 0. The summed E-state index contributed by atoms with van der Waals surface area (Å²) in [6.45, 7) is 5.75. The van der Waals surface area contributed by atoms with Gasteiger partial charge in [0.2, 0.25) is 0 Å². The summed E-state index contributed by atoms with van der Waals surface area (Å²) in [5.74, 6) is 2.49. The summed E-state index contributed by atoms with van der Waals surface area (Å²) in [6, 6.07) is 10.1. The van der Waals surface area contributed by atoms with E-state index in [9.17, 15) is 0 Å². The number of aryl methyl sites for hydroxylation is 1. The molecular formula is C16H19N5O. The van der Waals surface area contributed by atoms with Crippen LogP contribution in [-0.4, -0.2) is 33.2 Å². The maximum absolute atomic E-state index is 5.20. The van der Waals surface area contributed by atoms with Crippen molar-refractivity contribution < 1.29 is 4.74 Å². The van der Waals surface area contributed by atoms with Gasteiger partial charge in [0.15, 0.2) is 0 Å². The highest BCUT2D eigenvalue weighted by molar-refractivity contribution is 5.47. The molecule has 0 N–H and O–H groups in total. The molecule has 0 aliphatic carbocycles. The van der Waals surface area contributed by atoms with Crippen LogP contribution < -0.4 is 9.64 Å². The average molecular weight is 297 g/mol. The number of ether oxygens (including phenoxy) is 1. The van der Waals surface area contributed by atoms with Crippen molar-refractivity contribution in [2.24, 2.45) is 0 Å². The molecule has 0 aliphatic rings. The second kappa shape index (κ2) is 6.01. The van der Waals surface area contributed by atoms with Crippen molar-refractivity contribution in [3.8, 4) is 5.75 Å². The molecule has 3 rings (SSSR count). The van der Waals surface area contributed by atoms with Crippen molar-refractivity contribution in [3.05, 3.63) is 47.9 Å². The average Bonchev–Trinajstić information content (AvgIpc) is 3.00. The molecule has 0 bridgehead atoms. The lowest BCUT2D eigenvalue weighted by Gasteiger charge is -2.23. The third-order valence-corrected chi connectivity index (χ3v) is 3.60. The van der Waals surface area contributed by atoms with Gasteiger partial charge in [-0.15, -0.1) is 0 Å². The Kier molecular flexibility index (Phi) is 3.91. The summed E-state index contributed by atoms with van der Waals surface area (Å²) in [5.41, 5.74) is 2.15. The molecule has 0 saturated carbocycles. The quantitative estimate of drug-likeness (QED) is 0.724. The van der Waals surface area contributed by atoms with Gasteiger partial charge in [0.1, 0.15) is 17.9 Å². The van der Waals surface area contributed by atoms with Crippen LogP contribution in [0.15, 0.2) is 36.7 Å². The van der Waals surface area contributed by atoms with E-state index in [1.807, 2.05) is 25.1 Å². The number of anilines is 1. The molecule has 6 heteroatoms. The molecular weight excluding hydrogens is 278 g/mol. The molecule has 0 atom stereocenters. The fraction of sp³-hybridized carbons (Fsp3) is 0.312. The van der Waals surface area contributed by atoms with Gasteiger partial charge in [-0.3, -0.25) is 0 Å². The minimum atomic E-state index is 0.628. The third-order valence-electron chi connectivity index (χ3n) is 3.60. The van der Waals surface area contributed by atoms with Crippen LogP contribution in [0.4, 0.5) is 5.82 Å². The Hall–Kier alpha value is -2.63. The number of hydrogen-bond acceptors (Lipinski definition) is 5. The van der Waals surface area contributed by atoms with Crippen molar-refractivity contribution in [1.29, 1.82) is 0 Å². The molecule has 2 aromatic heterocycles. The van der Waals surface area contributed by atoms with Gasteiger partial charge >= 0.3 is 0 Å². The van der Waals surface area contributed by atoms with Gasteiger partial charge in [-0.05, 0) is 31.5 Å². The maximum Gasteiger partial charge on any atom is 0.254 e. The van der Waals surface area contributed by atoms with Crippen molar-refractivity contribution in [2.45, 2.75) is 20.4 Å². The molecule has 0 radical (unpaired) electrons. The number of benzene rings is 1. The molecule has 3 aromatic rings. The van der Waals surface area contributed by atoms with Gasteiger partial charge in [-0.2, -0.15) is 14.6 Å². The van der Waals surface area contributed by atoms with Crippen LogP contribution in [0.3, 0.4) is 0 Å². The first-order valence-electron chi connectivity index (χ1n) is 7.26. The second-order valence-corrected chi connectivity index (χ2v) is 5.09. The molecule has 0 amide bonds. The van der Waals surface area contributed by atoms with Crippen molar-refractivity contribution in [3.63, 3.8) is 0 Å². The van der Waals surface area contributed by atoms with Crippen molar-refractivity contribution >= 4 is 11.6 Å². The van der Waals surface area contributed by atoms with E-state index in [1.54, 1.807) is 11.6 Å². The number of rotatable bonds is 5. The van der Waals surface area contributed by atoms with E-state index in [2.05, 4.69) is 39.0 Å². The molecule has 0 fully saturated rings. The summed E-state index contributed by atoms with van der Waals surface area (Å²) in [4.78, 5) is 10.8. The van der Waals surface area contributed by atoms with Gasteiger partial charge in [0.05, 0.1) is 7.11 Å². The number of fused-ring (bicyclic) bond motifs is 1. The Labute approximate surface area is 129 Å². The molecule has 1 aromatic carbocycles. The van der Waals surface area contributed by atoms with Gasteiger partial charge in [0.25, 0.3) is 5.78 Å². The summed E-state index contributed by atoms with van der Waals surface area (Å²) >= 11 is 0. The van der Waals surface area contributed by atoms with Crippen molar-refractivity contribution in [2.75, 3.05) is 18.6 Å². The highest BCUT2D eigenvalue weighted by Crippen LogP contribution is 2.19. The van der Waals surface area contributed by atoms with Gasteiger partial charge in [-0.1, -0.05) is 12.1 Å².